The molecule has 0 unspecified atom stereocenters. The molecule has 2 aromatic carbocycles. The first-order valence-electron chi connectivity index (χ1n) is 7.90. The van der Waals surface area contributed by atoms with Gasteiger partial charge in [0.1, 0.15) is 11.9 Å². The van der Waals surface area contributed by atoms with E-state index in [4.69, 9.17) is 0 Å². The van der Waals surface area contributed by atoms with Gasteiger partial charge in [0, 0.05) is 17.8 Å². The fraction of sp³-hybridized carbons (Fsp3) is 0.263. The van der Waals surface area contributed by atoms with Crippen LogP contribution in [0, 0.1) is 19.7 Å². The van der Waals surface area contributed by atoms with Crippen molar-refractivity contribution in [2.24, 2.45) is 0 Å². The van der Waals surface area contributed by atoms with E-state index in [-0.39, 0.29) is 17.6 Å². The minimum atomic E-state index is -0.552. The summed E-state index contributed by atoms with van der Waals surface area (Å²) in [6, 6.07) is 10.8. The Kier molecular flexibility index (Phi) is 4.34. The smallest absolute Gasteiger partial charge is 0.251 e. The first kappa shape index (κ1) is 16.2. The van der Waals surface area contributed by atoms with E-state index in [0.717, 1.165) is 11.1 Å². The zero-order valence-corrected chi connectivity index (χ0v) is 13.7. The number of nitrogens with one attached hydrogen (secondary N) is 1. The lowest BCUT2D eigenvalue weighted by molar-refractivity contribution is -0.118. The maximum atomic E-state index is 13.0. The molecule has 0 aliphatic carbocycles. The van der Waals surface area contributed by atoms with E-state index in [9.17, 15) is 14.0 Å². The normalized spacial score (nSPS) is 17.2. The number of carbonyl (C=O) groups excluding carboxylic acids is 2. The lowest BCUT2D eigenvalue weighted by Crippen LogP contribution is -2.41. The van der Waals surface area contributed by atoms with Crippen LogP contribution in [0.3, 0.4) is 0 Å². The molecule has 2 amide bonds. The van der Waals surface area contributed by atoms with Crippen molar-refractivity contribution in [3.63, 3.8) is 0 Å². The van der Waals surface area contributed by atoms with Crippen LogP contribution in [-0.4, -0.2) is 24.4 Å². The summed E-state index contributed by atoms with van der Waals surface area (Å²) in [5.74, 6) is -0.759. The van der Waals surface area contributed by atoms with Gasteiger partial charge in [0.25, 0.3) is 5.91 Å². The van der Waals surface area contributed by atoms with Gasteiger partial charge in [-0.15, -0.1) is 0 Å². The van der Waals surface area contributed by atoms with E-state index in [1.165, 1.54) is 12.1 Å². The van der Waals surface area contributed by atoms with Crippen LogP contribution < -0.4 is 10.2 Å². The second-order valence-corrected chi connectivity index (χ2v) is 6.16. The molecule has 2 aromatic rings. The van der Waals surface area contributed by atoms with Crippen LogP contribution in [0.1, 0.15) is 27.9 Å². The molecule has 1 saturated heterocycles. The topological polar surface area (TPSA) is 49.4 Å². The predicted octanol–water partition coefficient (Wildman–Crippen LogP) is 2.98. The largest absolute Gasteiger partial charge is 0.340 e. The summed E-state index contributed by atoms with van der Waals surface area (Å²) < 4.78 is 13.0. The first-order chi connectivity index (χ1) is 11.4. The summed E-state index contributed by atoms with van der Waals surface area (Å²) in [4.78, 5) is 26.5. The maximum absolute atomic E-state index is 13.0. The highest BCUT2D eigenvalue weighted by atomic mass is 19.1. The van der Waals surface area contributed by atoms with Gasteiger partial charge in [0.2, 0.25) is 5.91 Å². The van der Waals surface area contributed by atoms with Gasteiger partial charge < -0.3 is 10.2 Å². The van der Waals surface area contributed by atoms with Gasteiger partial charge in [-0.3, -0.25) is 9.59 Å². The van der Waals surface area contributed by atoms with Crippen LogP contribution >= 0.6 is 0 Å². The monoisotopic (exact) mass is 326 g/mol. The number of rotatable bonds is 3. The molecule has 0 spiro atoms. The zero-order valence-electron chi connectivity index (χ0n) is 13.7. The molecule has 0 radical (unpaired) electrons. The molecule has 0 bridgehead atoms. The number of carbonyl (C=O) groups is 2. The van der Waals surface area contributed by atoms with Gasteiger partial charge >= 0.3 is 0 Å². The Morgan fingerprint density at radius 3 is 2.38 bits per heavy atom. The predicted molar refractivity (Wildman–Crippen MR) is 90.5 cm³/mol. The van der Waals surface area contributed by atoms with Crippen LogP contribution in [-0.2, 0) is 4.79 Å². The van der Waals surface area contributed by atoms with Crippen molar-refractivity contribution in [1.82, 2.24) is 5.32 Å². The molecule has 1 aliphatic heterocycles. The van der Waals surface area contributed by atoms with Crippen molar-refractivity contribution in [3.05, 3.63) is 65.0 Å². The van der Waals surface area contributed by atoms with Crippen molar-refractivity contribution in [2.45, 2.75) is 26.3 Å². The van der Waals surface area contributed by atoms with Crippen LogP contribution in [0.5, 0.6) is 0 Å². The van der Waals surface area contributed by atoms with E-state index in [0.29, 0.717) is 24.2 Å². The van der Waals surface area contributed by atoms with E-state index < -0.39 is 6.04 Å². The molecular formula is C19H19FN2O2. The zero-order chi connectivity index (χ0) is 17.3. The SMILES string of the molecule is Cc1cc(C)cc(C(=O)N[C@H]2CCN(c3ccc(F)cc3)C2=O)c1. The Morgan fingerprint density at radius 2 is 1.75 bits per heavy atom. The fourth-order valence-electron chi connectivity index (χ4n) is 3.04. The number of aryl methyl sites for hydroxylation is 2. The number of nitrogens with zero attached hydrogens (tertiary/aromatic N) is 1. The van der Waals surface area contributed by atoms with Crippen LogP contribution in [0.15, 0.2) is 42.5 Å². The van der Waals surface area contributed by atoms with Crippen molar-refractivity contribution >= 4 is 17.5 Å². The van der Waals surface area contributed by atoms with E-state index in [2.05, 4.69) is 5.32 Å². The molecule has 1 N–H and O–H groups in total. The summed E-state index contributed by atoms with van der Waals surface area (Å²) in [5.41, 5.74) is 3.21. The number of benzene rings is 2. The number of hydrogen-bond acceptors (Lipinski definition) is 2. The summed E-state index contributed by atoms with van der Waals surface area (Å²) in [5, 5.41) is 2.81. The Hall–Kier alpha value is -2.69. The quantitative estimate of drug-likeness (QED) is 0.943. The third-order valence-corrected chi connectivity index (χ3v) is 4.13. The summed E-state index contributed by atoms with van der Waals surface area (Å²) in [6.45, 7) is 4.36. The van der Waals surface area contributed by atoms with Crippen molar-refractivity contribution < 1.29 is 14.0 Å². The molecule has 1 atom stereocenters. The summed E-state index contributed by atoms with van der Waals surface area (Å²) >= 11 is 0. The van der Waals surface area contributed by atoms with E-state index in [1.807, 2.05) is 19.9 Å². The molecule has 1 heterocycles. The average molecular weight is 326 g/mol. The first-order valence-corrected chi connectivity index (χ1v) is 7.90. The van der Waals surface area contributed by atoms with Crippen LogP contribution in [0.25, 0.3) is 0 Å². The van der Waals surface area contributed by atoms with Gasteiger partial charge in [0.05, 0.1) is 0 Å². The molecule has 24 heavy (non-hydrogen) atoms. The molecule has 0 aromatic heterocycles. The number of hydrogen-bond donors (Lipinski definition) is 1. The van der Waals surface area contributed by atoms with E-state index in [1.54, 1.807) is 29.2 Å². The molecule has 4 nitrogen and oxygen atoms in total. The molecule has 1 fully saturated rings. The van der Waals surface area contributed by atoms with Crippen molar-refractivity contribution in [3.8, 4) is 0 Å². The Labute approximate surface area is 140 Å². The van der Waals surface area contributed by atoms with Crippen LogP contribution in [0.2, 0.25) is 0 Å². The standard InChI is InChI=1S/C19H19FN2O2/c1-12-9-13(2)11-14(10-12)18(23)21-17-7-8-22(19(17)24)16-5-3-15(20)4-6-16/h3-6,9-11,17H,7-8H2,1-2H3,(H,21,23)/t17-/m0/s1. The fourth-order valence-corrected chi connectivity index (χ4v) is 3.04. The Morgan fingerprint density at radius 1 is 1.12 bits per heavy atom. The van der Waals surface area contributed by atoms with Gasteiger partial charge in [-0.05, 0) is 56.7 Å². The second-order valence-electron chi connectivity index (χ2n) is 6.16. The highest BCUT2D eigenvalue weighted by Crippen LogP contribution is 2.22. The van der Waals surface area contributed by atoms with Crippen molar-refractivity contribution in [2.75, 3.05) is 11.4 Å². The van der Waals surface area contributed by atoms with Gasteiger partial charge in [-0.25, -0.2) is 4.39 Å². The lowest BCUT2D eigenvalue weighted by Gasteiger charge is -2.17. The molecule has 5 heteroatoms. The summed E-state index contributed by atoms with van der Waals surface area (Å²) in [6.07, 6.45) is 0.534. The Balaban J connectivity index is 1.71. The molecule has 1 aliphatic rings. The highest BCUT2D eigenvalue weighted by molar-refractivity contribution is 6.04. The second kappa shape index (κ2) is 6.43. The minimum Gasteiger partial charge on any atom is -0.340 e. The van der Waals surface area contributed by atoms with E-state index >= 15 is 0 Å². The molecule has 0 saturated carbocycles. The third-order valence-electron chi connectivity index (χ3n) is 4.13. The van der Waals surface area contributed by atoms with Crippen LogP contribution in [0.4, 0.5) is 10.1 Å². The summed E-state index contributed by atoms with van der Waals surface area (Å²) in [7, 11) is 0. The Bertz CT molecular complexity index is 766. The molecule has 124 valence electrons. The molecular weight excluding hydrogens is 307 g/mol. The van der Waals surface area contributed by atoms with Crippen molar-refractivity contribution in [1.29, 1.82) is 0 Å². The minimum absolute atomic E-state index is 0.167. The third kappa shape index (κ3) is 3.30. The maximum Gasteiger partial charge on any atom is 0.251 e. The number of halogens is 1. The molecule has 3 rings (SSSR count). The van der Waals surface area contributed by atoms with Gasteiger partial charge in [0.15, 0.2) is 0 Å². The average Bonchev–Trinajstić information content (AvgIpc) is 2.88. The van der Waals surface area contributed by atoms with Gasteiger partial charge in [-0.1, -0.05) is 17.2 Å². The lowest BCUT2D eigenvalue weighted by atomic mass is 10.1. The highest BCUT2D eigenvalue weighted by Gasteiger charge is 2.33. The van der Waals surface area contributed by atoms with Gasteiger partial charge in [-0.2, -0.15) is 0 Å². The number of amides is 2. The number of anilines is 1.